The summed E-state index contributed by atoms with van der Waals surface area (Å²) in [6, 6.07) is -0.246. The smallest absolute Gasteiger partial charge is 0.332 e. The Kier molecular flexibility index (Phi) is 5.93. The lowest BCUT2D eigenvalue weighted by atomic mass is 10.2. The van der Waals surface area contributed by atoms with Crippen LogP contribution < -0.4 is 10.6 Å². The van der Waals surface area contributed by atoms with E-state index in [-0.39, 0.29) is 16.9 Å². The molecule has 1 saturated heterocycles. The lowest BCUT2D eigenvalue weighted by molar-refractivity contribution is -0.149. The average molecular weight is 290 g/mol. The molecular formula is C12H22N2O4S. The van der Waals surface area contributed by atoms with Gasteiger partial charge in [0.25, 0.3) is 0 Å². The second-order valence-electron chi connectivity index (χ2n) is 5.19. The Balaban J connectivity index is 2.19. The molecule has 6 nitrogen and oxygen atoms in total. The van der Waals surface area contributed by atoms with E-state index in [0.717, 1.165) is 0 Å². The first-order valence-electron chi connectivity index (χ1n) is 6.29. The molecule has 1 heterocycles. The first-order valence-corrected chi connectivity index (χ1v) is 7.51. The van der Waals surface area contributed by atoms with Crippen LogP contribution in [0.25, 0.3) is 0 Å². The van der Waals surface area contributed by atoms with Crippen LogP contribution in [0, 0.1) is 0 Å². The SMILES string of the molecule is CSC(C)(C)CNC(=O)NCC1CCC(C(=O)O)O1. The maximum Gasteiger partial charge on any atom is 0.332 e. The van der Waals surface area contributed by atoms with Gasteiger partial charge in [-0.3, -0.25) is 0 Å². The molecule has 7 heteroatoms. The van der Waals surface area contributed by atoms with E-state index in [4.69, 9.17) is 9.84 Å². The topological polar surface area (TPSA) is 87.7 Å². The fourth-order valence-corrected chi connectivity index (χ4v) is 1.89. The highest BCUT2D eigenvalue weighted by Crippen LogP contribution is 2.20. The minimum Gasteiger partial charge on any atom is -0.479 e. The quantitative estimate of drug-likeness (QED) is 0.681. The number of carbonyl (C=O) groups is 2. The Bertz CT molecular complexity index is 336. The van der Waals surface area contributed by atoms with Crippen LogP contribution in [0.2, 0.25) is 0 Å². The number of hydrogen-bond acceptors (Lipinski definition) is 4. The van der Waals surface area contributed by atoms with Crippen LogP contribution >= 0.6 is 11.8 Å². The van der Waals surface area contributed by atoms with Crippen molar-refractivity contribution < 1.29 is 19.4 Å². The van der Waals surface area contributed by atoms with Gasteiger partial charge in [-0.05, 0) is 32.9 Å². The second-order valence-corrected chi connectivity index (χ2v) is 6.70. The lowest BCUT2D eigenvalue weighted by Crippen LogP contribution is -2.44. The molecular weight excluding hydrogens is 268 g/mol. The number of carboxylic acid groups (broad SMARTS) is 1. The summed E-state index contributed by atoms with van der Waals surface area (Å²) in [5.41, 5.74) is 0. The number of urea groups is 1. The van der Waals surface area contributed by atoms with Crippen molar-refractivity contribution in [2.24, 2.45) is 0 Å². The summed E-state index contributed by atoms with van der Waals surface area (Å²) in [6.07, 6.45) is 2.22. The molecule has 2 unspecified atom stereocenters. The van der Waals surface area contributed by atoms with E-state index >= 15 is 0 Å². The molecule has 0 aromatic heterocycles. The Morgan fingerprint density at radius 1 is 1.37 bits per heavy atom. The van der Waals surface area contributed by atoms with Crippen LogP contribution in [-0.2, 0) is 9.53 Å². The molecule has 0 aromatic rings. The highest BCUT2D eigenvalue weighted by Gasteiger charge is 2.30. The molecule has 2 amide bonds. The summed E-state index contributed by atoms with van der Waals surface area (Å²) in [5.74, 6) is -0.936. The molecule has 0 saturated carbocycles. The number of carbonyl (C=O) groups excluding carboxylic acids is 1. The standard InChI is InChI=1S/C12H22N2O4S/c1-12(2,19-3)7-14-11(17)13-6-8-4-5-9(18-8)10(15)16/h8-9H,4-7H2,1-3H3,(H,15,16)(H2,13,14,17). The maximum atomic E-state index is 11.6. The van der Waals surface area contributed by atoms with Gasteiger partial charge >= 0.3 is 12.0 Å². The minimum absolute atomic E-state index is 0.00436. The molecule has 1 rings (SSSR count). The zero-order chi connectivity index (χ0) is 14.5. The summed E-state index contributed by atoms with van der Waals surface area (Å²) in [4.78, 5) is 22.3. The number of hydrogen-bond donors (Lipinski definition) is 3. The number of aliphatic carboxylic acids is 1. The first-order chi connectivity index (χ1) is 8.84. The van der Waals surface area contributed by atoms with Gasteiger partial charge < -0.3 is 20.5 Å². The van der Waals surface area contributed by atoms with Crippen molar-refractivity contribution in [3.05, 3.63) is 0 Å². The van der Waals surface area contributed by atoms with Crippen LogP contribution in [-0.4, -0.2) is 53.4 Å². The van der Waals surface area contributed by atoms with E-state index in [1.807, 2.05) is 6.26 Å². The van der Waals surface area contributed by atoms with Crippen LogP contribution in [0.5, 0.6) is 0 Å². The summed E-state index contributed by atoms with van der Waals surface area (Å²) in [7, 11) is 0. The van der Waals surface area contributed by atoms with E-state index in [2.05, 4.69) is 24.5 Å². The Labute approximate surface area is 117 Å². The molecule has 110 valence electrons. The first kappa shape index (κ1) is 16.1. The van der Waals surface area contributed by atoms with Gasteiger partial charge in [0.05, 0.1) is 6.10 Å². The van der Waals surface area contributed by atoms with Crippen molar-refractivity contribution in [1.29, 1.82) is 0 Å². The van der Waals surface area contributed by atoms with Crippen LogP contribution in [0.15, 0.2) is 0 Å². The third kappa shape index (κ3) is 5.69. The lowest BCUT2D eigenvalue weighted by Gasteiger charge is -2.22. The monoisotopic (exact) mass is 290 g/mol. The van der Waals surface area contributed by atoms with Crippen molar-refractivity contribution in [2.75, 3.05) is 19.3 Å². The molecule has 0 bridgehead atoms. The number of amides is 2. The molecule has 3 N–H and O–H groups in total. The van der Waals surface area contributed by atoms with Gasteiger partial charge in [-0.15, -0.1) is 0 Å². The zero-order valence-corrected chi connectivity index (χ0v) is 12.4. The van der Waals surface area contributed by atoms with Crippen LogP contribution in [0.4, 0.5) is 4.79 Å². The van der Waals surface area contributed by atoms with Crippen molar-refractivity contribution in [2.45, 2.75) is 43.6 Å². The number of rotatable bonds is 6. The Morgan fingerprint density at radius 3 is 2.58 bits per heavy atom. The summed E-state index contributed by atoms with van der Waals surface area (Å²) in [6.45, 7) is 5.02. The minimum atomic E-state index is -0.936. The fourth-order valence-electron chi connectivity index (χ4n) is 1.67. The van der Waals surface area contributed by atoms with E-state index in [1.165, 1.54) is 0 Å². The van der Waals surface area contributed by atoms with Gasteiger partial charge in [0.15, 0.2) is 6.10 Å². The normalized spacial score (nSPS) is 23.1. The van der Waals surface area contributed by atoms with Crippen molar-refractivity contribution in [3.8, 4) is 0 Å². The predicted octanol–water partition coefficient (Wildman–Crippen LogP) is 1.06. The van der Waals surface area contributed by atoms with Gasteiger partial charge in [-0.2, -0.15) is 11.8 Å². The van der Waals surface area contributed by atoms with Crippen molar-refractivity contribution in [1.82, 2.24) is 10.6 Å². The Morgan fingerprint density at radius 2 is 2.05 bits per heavy atom. The van der Waals surface area contributed by atoms with Gasteiger partial charge in [-0.1, -0.05) is 0 Å². The zero-order valence-electron chi connectivity index (χ0n) is 11.6. The number of thioether (sulfide) groups is 1. The molecule has 1 aliphatic rings. The summed E-state index contributed by atoms with van der Waals surface area (Å²) >= 11 is 1.68. The molecule has 0 aliphatic carbocycles. The maximum absolute atomic E-state index is 11.6. The predicted molar refractivity (Wildman–Crippen MR) is 74.5 cm³/mol. The second kappa shape index (κ2) is 7.00. The largest absolute Gasteiger partial charge is 0.479 e. The summed E-state index contributed by atoms with van der Waals surface area (Å²) < 4.78 is 5.29. The third-order valence-corrected chi connectivity index (χ3v) is 4.35. The number of ether oxygens (including phenoxy) is 1. The molecule has 1 aliphatic heterocycles. The third-order valence-electron chi connectivity index (χ3n) is 3.10. The molecule has 19 heavy (non-hydrogen) atoms. The number of carboxylic acids is 1. The Hall–Kier alpha value is -0.950. The van der Waals surface area contributed by atoms with Gasteiger partial charge in [0, 0.05) is 17.8 Å². The molecule has 2 atom stereocenters. The van der Waals surface area contributed by atoms with Gasteiger partial charge in [0.1, 0.15) is 0 Å². The van der Waals surface area contributed by atoms with Gasteiger partial charge in [-0.25, -0.2) is 9.59 Å². The van der Waals surface area contributed by atoms with Crippen LogP contribution in [0.1, 0.15) is 26.7 Å². The highest BCUT2D eigenvalue weighted by molar-refractivity contribution is 7.99. The highest BCUT2D eigenvalue weighted by atomic mass is 32.2. The number of nitrogens with one attached hydrogen (secondary N) is 2. The van der Waals surface area contributed by atoms with E-state index in [0.29, 0.717) is 25.9 Å². The molecule has 0 aromatic carbocycles. The van der Waals surface area contributed by atoms with Crippen molar-refractivity contribution in [3.63, 3.8) is 0 Å². The van der Waals surface area contributed by atoms with Gasteiger partial charge in [0.2, 0.25) is 0 Å². The average Bonchev–Trinajstić information content (AvgIpc) is 2.83. The van der Waals surface area contributed by atoms with Crippen LogP contribution in [0.3, 0.4) is 0 Å². The van der Waals surface area contributed by atoms with E-state index in [9.17, 15) is 9.59 Å². The molecule has 1 fully saturated rings. The molecule has 0 spiro atoms. The molecule has 0 radical (unpaired) electrons. The van der Waals surface area contributed by atoms with E-state index < -0.39 is 12.1 Å². The summed E-state index contributed by atoms with van der Waals surface area (Å²) in [5, 5.41) is 14.3. The fraction of sp³-hybridized carbons (Fsp3) is 0.833. The van der Waals surface area contributed by atoms with E-state index in [1.54, 1.807) is 11.8 Å². The van der Waals surface area contributed by atoms with Crippen molar-refractivity contribution >= 4 is 23.8 Å².